The lowest BCUT2D eigenvalue weighted by Gasteiger charge is -2.17. The van der Waals surface area contributed by atoms with Gasteiger partial charge in [0.2, 0.25) is 0 Å². The predicted octanol–water partition coefficient (Wildman–Crippen LogP) is 3.02. The number of hydrogen-bond donors (Lipinski definition) is 1. The second kappa shape index (κ2) is 6.15. The van der Waals surface area contributed by atoms with Gasteiger partial charge in [-0.25, -0.2) is 9.97 Å². The Morgan fingerprint density at radius 3 is 2.89 bits per heavy atom. The van der Waals surface area contributed by atoms with Crippen molar-refractivity contribution < 1.29 is 0 Å². The summed E-state index contributed by atoms with van der Waals surface area (Å²) in [7, 11) is 3.90. The van der Waals surface area contributed by atoms with Gasteiger partial charge in [0.25, 0.3) is 0 Å². The molecule has 18 heavy (non-hydrogen) atoms. The number of thiophene rings is 1. The van der Waals surface area contributed by atoms with Gasteiger partial charge in [-0.05, 0) is 34.5 Å². The molecule has 0 bridgehead atoms. The van der Waals surface area contributed by atoms with Crippen molar-refractivity contribution >= 4 is 38.9 Å². The summed E-state index contributed by atoms with van der Waals surface area (Å²) in [6.07, 6.45) is 2.60. The topological polar surface area (TPSA) is 41.0 Å². The van der Waals surface area contributed by atoms with Crippen LogP contribution in [0.4, 0.5) is 11.6 Å². The van der Waals surface area contributed by atoms with Gasteiger partial charge in [0, 0.05) is 31.6 Å². The Labute approximate surface area is 119 Å². The molecule has 0 radical (unpaired) electrons. The van der Waals surface area contributed by atoms with Gasteiger partial charge in [-0.15, -0.1) is 11.3 Å². The Morgan fingerprint density at radius 2 is 2.22 bits per heavy atom. The average molecular weight is 327 g/mol. The third-order valence-corrected chi connectivity index (χ3v) is 4.31. The molecule has 0 aliphatic carbocycles. The highest BCUT2D eigenvalue weighted by Gasteiger charge is 2.05. The second-order valence-corrected chi connectivity index (χ2v) is 6.44. The lowest BCUT2D eigenvalue weighted by Crippen LogP contribution is -2.21. The van der Waals surface area contributed by atoms with E-state index in [-0.39, 0.29) is 0 Å². The Morgan fingerprint density at radius 1 is 1.39 bits per heavy atom. The van der Waals surface area contributed by atoms with Crippen molar-refractivity contribution in [3.63, 3.8) is 0 Å². The normalized spacial score (nSPS) is 10.4. The van der Waals surface area contributed by atoms with E-state index in [0.717, 1.165) is 24.6 Å². The number of rotatable bonds is 5. The fourth-order valence-electron chi connectivity index (χ4n) is 1.57. The molecule has 0 saturated heterocycles. The minimum Gasteiger partial charge on any atom is -0.373 e. The Balaban J connectivity index is 1.96. The lowest BCUT2D eigenvalue weighted by molar-refractivity contribution is 0.865. The lowest BCUT2D eigenvalue weighted by atomic mass is 10.3. The van der Waals surface area contributed by atoms with Crippen LogP contribution in [-0.2, 0) is 6.42 Å². The van der Waals surface area contributed by atoms with Crippen LogP contribution < -0.4 is 10.2 Å². The average Bonchev–Trinajstić information content (AvgIpc) is 2.82. The van der Waals surface area contributed by atoms with Crippen molar-refractivity contribution in [2.24, 2.45) is 0 Å². The molecule has 0 atom stereocenters. The van der Waals surface area contributed by atoms with E-state index < -0.39 is 0 Å². The number of nitrogens with one attached hydrogen (secondary N) is 1. The first-order valence-electron chi connectivity index (χ1n) is 5.64. The molecule has 1 N–H and O–H groups in total. The molecule has 0 aliphatic heterocycles. The largest absolute Gasteiger partial charge is 0.373 e. The highest BCUT2D eigenvalue weighted by atomic mass is 79.9. The van der Waals surface area contributed by atoms with Crippen molar-refractivity contribution in [3.8, 4) is 0 Å². The SMILES string of the molecule is CNc1cc(N(C)CCc2ccc(Br)s2)ncn1. The van der Waals surface area contributed by atoms with E-state index >= 15 is 0 Å². The fraction of sp³-hybridized carbons (Fsp3) is 0.333. The Kier molecular flexibility index (Phi) is 4.54. The number of aromatic nitrogens is 2. The molecule has 0 unspecified atom stereocenters. The van der Waals surface area contributed by atoms with Crippen molar-refractivity contribution in [2.45, 2.75) is 6.42 Å². The van der Waals surface area contributed by atoms with E-state index in [1.54, 1.807) is 17.7 Å². The van der Waals surface area contributed by atoms with Crippen LogP contribution >= 0.6 is 27.3 Å². The van der Waals surface area contributed by atoms with Gasteiger partial charge in [-0.1, -0.05) is 0 Å². The smallest absolute Gasteiger partial charge is 0.133 e. The molecular formula is C12H15BrN4S. The third-order valence-electron chi connectivity index (χ3n) is 2.62. The van der Waals surface area contributed by atoms with Gasteiger partial charge >= 0.3 is 0 Å². The molecule has 2 heterocycles. The van der Waals surface area contributed by atoms with Crippen LogP contribution in [0.3, 0.4) is 0 Å². The zero-order valence-electron chi connectivity index (χ0n) is 10.4. The van der Waals surface area contributed by atoms with E-state index in [2.05, 4.69) is 48.2 Å². The number of likely N-dealkylation sites (N-methyl/N-ethyl adjacent to an activating group) is 1. The summed E-state index contributed by atoms with van der Waals surface area (Å²) in [4.78, 5) is 11.9. The molecule has 4 nitrogen and oxygen atoms in total. The minimum atomic E-state index is 0.839. The number of halogens is 1. The highest BCUT2D eigenvalue weighted by Crippen LogP contribution is 2.23. The molecule has 2 aromatic rings. The number of nitrogens with zero attached hydrogens (tertiary/aromatic N) is 3. The van der Waals surface area contributed by atoms with Crippen LogP contribution in [-0.4, -0.2) is 30.6 Å². The zero-order valence-corrected chi connectivity index (χ0v) is 12.8. The van der Waals surface area contributed by atoms with Crippen LogP contribution in [0.25, 0.3) is 0 Å². The first kappa shape index (κ1) is 13.3. The molecule has 0 amide bonds. The first-order valence-corrected chi connectivity index (χ1v) is 7.25. The quantitative estimate of drug-likeness (QED) is 0.916. The summed E-state index contributed by atoms with van der Waals surface area (Å²) in [5.41, 5.74) is 0. The molecule has 96 valence electrons. The minimum absolute atomic E-state index is 0.839. The molecule has 0 aliphatic rings. The van der Waals surface area contributed by atoms with Gasteiger partial charge in [-0.2, -0.15) is 0 Å². The van der Waals surface area contributed by atoms with Crippen molar-refractivity contribution in [2.75, 3.05) is 30.9 Å². The van der Waals surface area contributed by atoms with Crippen molar-refractivity contribution in [1.29, 1.82) is 0 Å². The summed E-state index contributed by atoms with van der Waals surface area (Å²) in [5.74, 6) is 1.77. The summed E-state index contributed by atoms with van der Waals surface area (Å²) >= 11 is 5.26. The van der Waals surface area contributed by atoms with Gasteiger partial charge in [-0.3, -0.25) is 0 Å². The van der Waals surface area contributed by atoms with E-state index in [9.17, 15) is 0 Å². The monoisotopic (exact) mass is 326 g/mol. The predicted molar refractivity (Wildman–Crippen MR) is 80.6 cm³/mol. The molecule has 6 heteroatoms. The molecule has 0 aromatic carbocycles. The maximum Gasteiger partial charge on any atom is 0.133 e. The van der Waals surface area contributed by atoms with Crippen LogP contribution in [0.1, 0.15) is 4.88 Å². The first-order chi connectivity index (χ1) is 8.69. The van der Waals surface area contributed by atoms with E-state index in [0.29, 0.717) is 0 Å². The van der Waals surface area contributed by atoms with Gasteiger partial charge in [0.1, 0.15) is 18.0 Å². The zero-order chi connectivity index (χ0) is 13.0. The molecule has 2 rings (SSSR count). The maximum absolute atomic E-state index is 4.27. The van der Waals surface area contributed by atoms with Gasteiger partial charge < -0.3 is 10.2 Å². The van der Waals surface area contributed by atoms with Crippen molar-refractivity contribution in [3.05, 3.63) is 33.2 Å². The Bertz CT molecular complexity index is 514. The van der Waals surface area contributed by atoms with E-state index in [1.807, 2.05) is 20.2 Å². The van der Waals surface area contributed by atoms with E-state index in [4.69, 9.17) is 0 Å². The third kappa shape index (κ3) is 3.43. The van der Waals surface area contributed by atoms with Gasteiger partial charge in [0.15, 0.2) is 0 Å². The highest BCUT2D eigenvalue weighted by molar-refractivity contribution is 9.11. The van der Waals surface area contributed by atoms with Crippen molar-refractivity contribution in [1.82, 2.24) is 9.97 Å². The van der Waals surface area contributed by atoms with Crippen LogP contribution in [0.5, 0.6) is 0 Å². The maximum atomic E-state index is 4.27. The fourth-order valence-corrected chi connectivity index (χ4v) is 3.04. The molecular weight excluding hydrogens is 312 g/mol. The Hall–Kier alpha value is -1.14. The molecule has 0 spiro atoms. The van der Waals surface area contributed by atoms with Gasteiger partial charge in [0.05, 0.1) is 3.79 Å². The second-order valence-electron chi connectivity index (χ2n) is 3.89. The summed E-state index contributed by atoms with van der Waals surface area (Å²) < 4.78 is 1.18. The number of anilines is 2. The standard InChI is InChI=1S/C12H15BrN4S/c1-14-11-7-12(16-8-15-11)17(2)6-5-9-3-4-10(13)18-9/h3-4,7-8H,5-6H2,1-2H3,(H,14,15,16). The molecule has 2 aromatic heterocycles. The summed E-state index contributed by atoms with van der Waals surface area (Å²) in [6.45, 7) is 0.938. The van der Waals surface area contributed by atoms with Crippen LogP contribution in [0.2, 0.25) is 0 Å². The summed E-state index contributed by atoms with van der Waals surface area (Å²) in [5, 5.41) is 3.02. The molecule has 0 fully saturated rings. The summed E-state index contributed by atoms with van der Waals surface area (Å²) in [6, 6.07) is 6.19. The van der Waals surface area contributed by atoms with Crippen LogP contribution in [0.15, 0.2) is 28.3 Å². The van der Waals surface area contributed by atoms with Crippen LogP contribution in [0, 0.1) is 0 Å². The van der Waals surface area contributed by atoms with E-state index in [1.165, 1.54) is 8.66 Å². The number of hydrogen-bond acceptors (Lipinski definition) is 5. The molecule has 0 saturated carbocycles.